The minimum absolute atomic E-state index is 0.0960. The molecule has 0 aliphatic carbocycles. The number of carbonyl (C=O) groups excluding carboxylic acids is 1. The van der Waals surface area contributed by atoms with Crippen LogP contribution in [-0.4, -0.2) is 42.0 Å². The fraction of sp³-hybridized carbons (Fsp3) is 0.368. The summed E-state index contributed by atoms with van der Waals surface area (Å²) in [6.45, 7) is 0.704. The lowest BCUT2D eigenvalue weighted by Crippen LogP contribution is -2.43. The van der Waals surface area contributed by atoms with Crippen molar-refractivity contribution in [2.24, 2.45) is 0 Å². The van der Waals surface area contributed by atoms with E-state index >= 15 is 0 Å². The summed E-state index contributed by atoms with van der Waals surface area (Å²) in [5, 5.41) is 2.50. The Morgan fingerprint density at radius 3 is 2.36 bits per heavy atom. The van der Waals surface area contributed by atoms with Gasteiger partial charge in [0.25, 0.3) is 11.9 Å². The van der Waals surface area contributed by atoms with Crippen LogP contribution in [0.2, 0.25) is 0 Å². The normalized spacial score (nSPS) is 14.8. The molecule has 0 radical (unpaired) electrons. The SMILES string of the molecule is COc1ccccc1CC(=O)N1CCC(Nc2c(F)c(F)nc(F)c2F)CC1. The summed E-state index contributed by atoms with van der Waals surface area (Å²) in [6, 6.07) is 6.78. The summed E-state index contributed by atoms with van der Waals surface area (Å²) < 4.78 is 59.1. The average Bonchev–Trinajstić information content (AvgIpc) is 2.70. The first kappa shape index (κ1) is 19.9. The van der Waals surface area contributed by atoms with E-state index in [0.29, 0.717) is 31.7 Å². The van der Waals surface area contributed by atoms with E-state index in [9.17, 15) is 22.4 Å². The third-order valence-corrected chi connectivity index (χ3v) is 4.73. The number of pyridine rings is 1. The van der Waals surface area contributed by atoms with Gasteiger partial charge in [-0.05, 0) is 18.9 Å². The van der Waals surface area contributed by atoms with Gasteiger partial charge in [-0.15, -0.1) is 0 Å². The van der Waals surface area contributed by atoms with Gasteiger partial charge >= 0.3 is 0 Å². The number of methoxy groups -OCH3 is 1. The van der Waals surface area contributed by atoms with Crippen molar-refractivity contribution >= 4 is 11.6 Å². The van der Waals surface area contributed by atoms with Crippen LogP contribution in [0.1, 0.15) is 18.4 Å². The van der Waals surface area contributed by atoms with Gasteiger partial charge in [0.15, 0.2) is 0 Å². The Morgan fingerprint density at radius 1 is 1.14 bits per heavy atom. The molecule has 1 N–H and O–H groups in total. The van der Waals surface area contributed by atoms with Gasteiger partial charge in [0.1, 0.15) is 11.4 Å². The van der Waals surface area contributed by atoms with Crippen LogP contribution < -0.4 is 10.1 Å². The molecule has 1 amide bonds. The number of piperidine rings is 1. The van der Waals surface area contributed by atoms with Crippen LogP contribution in [-0.2, 0) is 11.2 Å². The van der Waals surface area contributed by atoms with Gasteiger partial charge in [0, 0.05) is 24.7 Å². The first-order chi connectivity index (χ1) is 13.4. The minimum atomic E-state index is -1.70. The number of ether oxygens (including phenoxy) is 1. The van der Waals surface area contributed by atoms with E-state index in [4.69, 9.17) is 4.74 Å². The van der Waals surface area contributed by atoms with Gasteiger partial charge in [0.2, 0.25) is 17.5 Å². The highest BCUT2D eigenvalue weighted by atomic mass is 19.2. The number of anilines is 1. The Balaban J connectivity index is 1.60. The van der Waals surface area contributed by atoms with Gasteiger partial charge in [-0.2, -0.15) is 22.5 Å². The van der Waals surface area contributed by atoms with Gasteiger partial charge in [-0.1, -0.05) is 18.2 Å². The zero-order valence-electron chi connectivity index (χ0n) is 15.1. The van der Waals surface area contributed by atoms with Crippen molar-refractivity contribution in [1.82, 2.24) is 9.88 Å². The summed E-state index contributed by atoms with van der Waals surface area (Å²) in [7, 11) is 1.53. The molecule has 9 heteroatoms. The Hall–Kier alpha value is -2.84. The molecule has 1 aromatic heterocycles. The Morgan fingerprint density at radius 2 is 1.75 bits per heavy atom. The van der Waals surface area contributed by atoms with Crippen molar-refractivity contribution in [3.05, 3.63) is 53.4 Å². The van der Waals surface area contributed by atoms with Gasteiger partial charge in [-0.3, -0.25) is 4.79 Å². The van der Waals surface area contributed by atoms with Gasteiger partial charge in [-0.25, -0.2) is 0 Å². The second kappa shape index (κ2) is 8.45. The maximum Gasteiger partial charge on any atom is 0.253 e. The van der Waals surface area contributed by atoms with Crippen molar-refractivity contribution in [2.75, 3.05) is 25.5 Å². The van der Waals surface area contributed by atoms with Crippen LogP contribution in [0.5, 0.6) is 5.75 Å². The van der Waals surface area contributed by atoms with Crippen LogP contribution in [0.3, 0.4) is 0 Å². The number of rotatable bonds is 5. The molecule has 1 saturated heterocycles. The number of aromatic nitrogens is 1. The lowest BCUT2D eigenvalue weighted by atomic mass is 10.0. The van der Waals surface area contributed by atoms with Crippen molar-refractivity contribution < 1.29 is 27.1 Å². The Bertz CT molecular complexity index is 844. The third kappa shape index (κ3) is 4.18. The molecule has 2 heterocycles. The first-order valence-corrected chi connectivity index (χ1v) is 8.77. The van der Waals surface area contributed by atoms with E-state index in [2.05, 4.69) is 10.3 Å². The second-order valence-corrected chi connectivity index (χ2v) is 6.48. The fourth-order valence-corrected chi connectivity index (χ4v) is 3.21. The number of hydrogen-bond donors (Lipinski definition) is 1. The highest BCUT2D eigenvalue weighted by Crippen LogP contribution is 2.25. The predicted octanol–water partition coefficient (Wildman–Crippen LogP) is 3.29. The molecule has 1 aromatic carbocycles. The monoisotopic (exact) mass is 397 g/mol. The van der Waals surface area contributed by atoms with Gasteiger partial charge in [0.05, 0.1) is 13.5 Å². The van der Waals surface area contributed by atoms with Crippen LogP contribution >= 0.6 is 0 Å². The number of carbonyl (C=O) groups is 1. The molecule has 0 unspecified atom stereocenters. The number of nitrogens with one attached hydrogen (secondary N) is 1. The lowest BCUT2D eigenvalue weighted by Gasteiger charge is -2.33. The number of likely N-dealkylation sites (tertiary alicyclic amines) is 1. The van der Waals surface area contributed by atoms with Crippen LogP contribution in [0.15, 0.2) is 24.3 Å². The predicted molar refractivity (Wildman–Crippen MR) is 94.0 cm³/mol. The largest absolute Gasteiger partial charge is 0.496 e. The van der Waals surface area contributed by atoms with Crippen LogP contribution in [0, 0.1) is 23.5 Å². The lowest BCUT2D eigenvalue weighted by molar-refractivity contribution is -0.131. The molecule has 0 spiro atoms. The Kier molecular flexibility index (Phi) is 6.01. The number of nitrogens with zero attached hydrogens (tertiary/aromatic N) is 2. The van der Waals surface area contributed by atoms with E-state index in [0.717, 1.165) is 5.56 Å². The summed E-state index contributed by atoms with van der Waals surface area (Å²) in [4.78, 5) is 16.7. The van der Waals surface area contributed by atoms with Crippen molar-refractivity contribution in [1.29, 1.82) is 0 Å². The Labute approximate surface area is 159 Å². The fourth-order valence-electron chi connectivity index (χ4n) is 3.21. The van der Waals surface area contributed by atoms with E-state index in [1.807, 2.05) is 18.2 Å². The molecular weight excluding hydrogens is 378 g/mol. The summed E-state index contributed by atoms with van der Waals surface area (Å²) >= 11 is 0. The van der Waals surface area contributed by atoms with Crippen LogP contribution in [0.25, 0.3) is 0 Å². The van der Waals surface area contributed by atoms with E-state index < -0.39 is 35.3 Å². The molecule has 3 rings (SSSR count). The molecule has 0 bridgehead atoms. The topological polar surface area (TPSA) is 54.5 Å². The van der Waals surface area contributed by atoms with Crippen molar-refractivity contribution in [3.63, 3.8) is 0 Å². The smallest absolute Gasteiger partial charge is 0.253 e. The molecule has 1 aliphatic heterocycles. The minimum Gasteiger partial charge on any atom is -0.496 e. The maximum atomic E-state index is 13.7. The maximum absolute atomic E-state index is 13.7. The summed E-state index contributed by atoms with van der Waals surface area (Å²) in [5.74, 6) is -6.00. The zero-order valence-corrected chi connectivity index (χ0v) is 15.1. The van der Waals surface area contributed by atoms with E-state index in [1.165, 1.54) is 7.11 Å². The number of hydrogen-bond acceptors (Lipinski definition) is 4. The zero-order chi connectivity index (χ0) is 20.3. The number of benzene rings is 1. The molecule has 1 fully saturated rings. The molecule has 5 nitrogen and oxygen atoms in total. The molecule has 0 atom stereocenters. The summed E-state index contributed by atoms with van der Waals surface area (Å²) in [6.07, 6.45) is 0.927. The molecule has 0 saturated carbocycles. The third-order valence-electron chi connectivity index (χ3n) is 4.73. The van der Waals surface area contributed by atoms with Crippen molar-refractivity contribution in [2.45, 2.75) is 25.3 Å². The molecule has 2 aromatic rings. The quantitative estimate of drug-likeness (QED) is 0.622. The van der Waals surface area contributed by atoms with Crippen molar-refractivity contribution in [3.8, 4) is 5.75 Å². The second-order valence-electron chi connectivity index (χ2n) is 6.48. The standard InChI is InChI=1S/C19H19F4N3O2/c1-28-13-5-3-2-4-11(13)10-14(27)26-8-6-12(7-9-26)24-17-15(20)18(22)25-19(23)16(17)21/h2-5,12H,6-10H2,1H3,(H,24,25). The molecule has 28 heavy (non-hydrogen) atoms. The highest BCUT2D eigenvalue weighted by molar-refractivity contribution is 5.79. The first-order valence-electron chi connectivity index (χ1n) is 8.77. The van der Waals surface area contributed by atoms with Crippen LogP contribution in [0.4, 0.5) is 23.2 Å². The highest BCUT2D eigenvalue weighted by Gasteiger charge is 2.27. The number of amides is 1. The molecular formula is C19H19F4N3O2. The average molecular weight is 397 g/mol. The molecule has 1 aliphatic rings. The number of para-hydroxylation sites is 1. The van der Waals surface area contributed by atoms with Gasteiger partial charge < -0.3 is 15.0 Å². The molecule has 150 valence electrons. The number of halogens is 4. The van der Waals surface area contributed by atoms with E-state index in [-0.39, 0.29) is 12.3 Å². The van der Waals surface area contributed by atoms with E-state index in [1.54, 1.807) is 11.0 Å². The summed E-state index contributed by atoms with van der Waals surface area (Å²) in [5.41, 5.74) is -0.106.